The number of halogens is 2. The van der Waals surface area contributed by atoms with E-state index < -0.39 is 0 Å². The first-order chi connectivity index (χ1) is 13.0. The first-order valence-corrected chi connectivity index (χ1v) is 9.19. The van der Waals surface area contributed by atoms with Gasteiger partial charge >= 0.3 is 0 Å². The summed E-state index contributed by atoms with van der Waals surface area (Å²) in [6.07, 6.45) is 0.372. The number of para-hydroxylation sites is 1. The molecule has 0 aromatic heterocycles. The summed E-state index contributed by atoms with van der Waals surface area (Å²) in [6.45, 7) is 0. The Kier molecular flexibility index (Phi) is 6.28. The third-order valence-electron chi connectivity index (χ3n) is 4.12. The molecule has 0 radical (unpaired) electrons. The summed E-state index contributed by atoms with van der Waals surface area (Å²) in [4.78, 5) is 25.2. The number of carbonyl (C=O) groups is 2. The molecule has 0 aliphatic heterocycles. The molecule has 5 heteroatoms. The molecule has 0 aliphatic carbocycles. The highest BCUT2D eigenvalue weighted by molar-refractivity contribution is 6.34. The summed E-state index contributed by atoms with van der Waals surface area (Å²) in [5, 5.41) is 3.82. The van der Waals surface area contributed by atoms with E-state index in [1.807, 2.05) is 24.3 Å². The van der Waals surface area contributed by atoms with Crippen LogP contribution in [0.4, 0.5) is 5.69 Å². The van der Waals surface area contributed by atoms with Gasteiger partial charge in [-0.1, -0.05) is 71.7 Å². The molecule has 0 fully saturated rings. The molecule has 3 aromatic rings. The number of carbonyl (C=O) groups excluding carboxylic acids is 2. The summed E-state index contributed by atoms with van der Waals surface area (Å²) in [7, 11) is 0. The predicted octanol–water partition coefficient (Wildman–Crippen LogP) is 5.60. The molecule has 1 N–H and O–H groups in total. The van der Waals surface area contributed by atoms with Gasteiger partial charge < -0.3 is 5.32 Å². The maximum atomic E-state index is 12.7. The third-order valence-corrected chi connectivity index (χ3v) is 4.82. The Balaban J connectivity index is 1.75. The zero-order chi connectivity index (χ0) is 19.2. The Morgan fingerprint density at radius 1 is 0.704 bits per heavy atom. The van der Waals surface area contributed by atoms with Crippen molar-refractivity contribution in [2.24, 2.45) is 0 Å². The van der Waals surface area contributed by atoms with Gasteiger partial charge in [-0.25, -0.2) is 0 Å². The van der Waals surface area contributed by atoms with Crippen LogP contribution in [0.5, 0.6) is 0 Å². The number of amides is 1. The lowest BCUT2D eigenvalue weighted by atomic mass is 9.98. The van der Waals surface area contributed by atoms with Crippen LogP contribution in [0.2, 0.25) is 10.0 Å². The molecule has 3 aromatic carbocycles. The molecule has 0 heterocycles. The number of benzene rings is 3. The van der Waals surface area contributed by atoms with E-state index >= 15 is 0 Å². The van der Waals surface area contributed by atoms with Crippen LogP contribution in [0.15, 0.2) is 72.8 Å². The summed E-state index contributed by atoms with van der Waals surface area (Å²) in [6, 6.07) is 21.3. The van der Waals surface area contributed by atoms with Gasteiger partial charge in [-0.05, 0) is 35.4 Å². The van der Waals surface area contributed by atoms with E-state index in [1.54, 1.807) is 48.5 Å². The SMILES string of the molecule is O=C(Cc1ccccc1Cl)Cc1ccccc1C(=O)Nc1ccccc1Cl. The van der Waals surface area contributed by atoms with Crippen molar-refractivity contribution < 1.29 is 9.59 Å². The molecule has 0 saturated carbocycles. The lowest BCUT2D eigenvalue weighted by Gasteiger charge is -2.11. The van der Waals surface area contributed by atoms with E-state index in [0.717, 1.165) is 5.56 Å². The highest BCUT2D eigenvalue weighted by Crippen LogP contribution is 2.22. The highest BCUT2D eigenvalue weighted by atomic mass is 35.5. The maximum Gasteiger partial charge on any atom is 0.255 e. The number of nitrogens with one attached hydrogen (secondary N) is 1. The van der Waals surface area contributed by atoms with Gasteiger partial charge in [0, 0.05) is 23.4 Å². The number of anilines is 1. The van der Waals surface area contributed by atoms with E-state index in [9.17, 15) is 9.59 Å². The van der Waals surface area contributed by atoms with Crippen molar-refractivity contribution in [3.8, 4) is 0 Å². The van der Waals surface area contributed by atoms with Crippen LogP contribution in [0.1, 0.15) is 21.5 Å². The molecular weight excluding hydrogens is 381 g/mol. The van der Waals surface area contributed by atoms with Crippen molar-refractivity contribution in [2.75, 3.05) is 5.32 Å². The minimum absolute atomic E-state index is 0.0129. The number of Topliss-reactive ketones (excluding diaryl/α,β-unsaturated/α-hetero) is 1. The van der Waals surface area contributed by atoms with Crippen molar-refractivity contribution in [3.05, 3.63) is 99.5 Å². The van der Waals surface area contributed by atoms with Crippen LogP contribution in [0, 0.1) is 0 Å². The van der Waals surface area contributed by atoms with Gasteiger partial charge in [0.15, 0.2) is 0 Å². The number of ketones is 1. The van der Waals surface area contributed by atoms with E-state index in [2.05, 4.69) is 5.32 Å². The molecule has 0 bridgehead atoms. The average molecular weight is 398 g/mol. The molecule has 0 atom stereocenters. The topological polar surface area (TPSA) is 46.2 Å². The normalized spacial score (nSPS) is 10.4. The molecule has 0 unspecified atom stereocenters. The lowest BCUT2D eigenvalue weighted by molar-refractivity contribution is -0.117. The Morgan fingerprint density at radius 2 is 1.26 bits per heavy atom. The smallest absolute Gasteiger partial charge is 0.255 e. The van der Waals surface area contributed by atoms with Crippen molar-refractivity contribution in [2.45, 2.75) is 12.8 Å². The standard InChI is InChI=1S/C22H17Cl2NO2/c23-19-10-4-2-8-16(19)14-17(26)13-15-7-1-3-9-18(15)22(27)25-21-12-6-5-11-20(21)24/h1-12H,13-14H2,(H,25,27). The van der Waals surface area contributed by atoms with Crippen molar-refractivity contribution in [1.29, 1.82) is 0 Å². The molecule has 3 rings (SSSR count). The summed E-state index contributed by atoms with van der Waals surface area (Å²) in [5.41, 5.74) is 2.42. The Morgan fingerprint density at radius 3 is 1.96 bits per heavy atom. The monoisotopic (exact) mass is 397 g/mol. The average Bonchev–Trinajstić information content (AvgIpc) is 2.66. The number of rotatable bonds is 6. The quantitative estimate of drug-likeness (QED) is 0.588. The highest BCUT2D eigenvalue weighted by Gasteiger charge is 2.15. The Bertz CT molecular complexity index is 985. The van der Waals surface area contributed by atoms with E-state index in [-0.39, 0.29) is 24.5 Å². The number of hydrogen-bond donors (Lipinski definition) is 1. The fourth-order valence-electron chi connectivity index (χ4n) is 2.78. The van der Waals surface area contributed by atoms with Crippen LogP contribution in [0.25, 0.3) is 0 Å². The molecular formula is C22H17Cl2NO2. The van der Waals surface area contributed by atoms with Gasteiger partial charge in [0.1, 0.15) is 5.78 Å². The van der Waals surface area contributed by atoms with Gasteiger partial charge in [0.2, 0.25) is 0 Å². The zero-order valence-electron chi connectivity index (χ0n) is 14.4. The predicted molar refractivity (Wildman–Crippen MR) is 110 cm³/mol. The Labute approximate surface area is 167 Å². The summed E-state index contributed by atoms with van der Waals surface area (Å²) in [5.74, 6) is -0.315. The van der Waals surface area contributed by atoms with Gasteiger partial charge in [0.25, 0.3) is 5.91 Å². The van der Waals surface area contributed by atoms with E-state index in [4.69, 9.17) is 23.2 Å². The minimum Gasteiger partial charge on any atom is -0.321 e. The molecule has 27 heavy (non-hydrogen) atoms. The molecule has 1 amide bonds. The van der Waals surface area contributed by atoms with Gasteiger partial charge in [-0.15, -0.1) is 0 Å². The van der Waals surface area contributed by atoms with Crippen LogP contribution in [0.3, 0.4) is 0 Å². The van der Waals surface area contributed by atoms with E-state index in [0.29, 0.717) is 26.9 Å². The second kappa shape index (κ2) is 8.85. The minimum atomic E-state index is -0.302. The van der Waals surface area contributed by atoms with Crippen molar-refractivity contribution in [1.82, 2.24) is 0 Å². The van der Waals surface area contributed by atoms with E-state index in [1.165, 1.54) is 0 Å². The van der Waals surface area contributed by atoms with Crippen molar-refractivity contribution >= 4 is 40.6 Å². The van der Waals surface area contributed by atoms with Gasteiger partial charge in [-0.2, -0.15) is 0 Å². The van der Waals surface area contributed by atoms with Crippen LogP contribution in [-0.2, 0) is 17.6 Å². The second-order valence-electron chi connectivity index (χ2n) is 6.07. The maximum absolute atomic E-state index is 12.7. The Hall–Kier alpha value is -2.62. The zero-order valence-corrected chi connectivity index (χ0v) is 15.9. The third kappa shape index (κ3) is 4.97. The summed E-state index contributed by atoms with van der Waals surface area (Å²) < 4.78 is 0. The fourth-order valence-corrected chi connectivity index (χ4v) is 3.16. The largest absolute Gasteiger partial charge is 0.321 e. The molecule has 3 nitrogen and oxygen atoms in total. The van der Waals surface area contributed by atoms with Crippen LogP contribution >= 0.6 is 23.2 Å². The first kappa shape index (κ1) is 19.2. The molecule has 0 saturated heterocycles. The lowest BCUT2D eigenvalue weighted by Crippen LogP contribution is -2.16. The number of hydrogen-bond acceptors (Lipinski definition) is 2. The van der Waals surface area contributed by atoms with Crippen molar-refractivity contribution in [3.63, 3.8) is 0 Å². The fraction of sp³-hybridized carbons (Fsp3) is 0.0909. The van der Waals surface area contributed by atoms with Gasteiger partial charge in [0.05, 0.1) is 10.7 Å². The van der Waals surface area contributed by atoms with Gasteiger partial charge in [-0.3, -0.25) is 9.59 Å². The van der Waals surface area contributed by atoms with Crippen LogP contribution in [-0.4, -0.2) is 11.7 Å². The molecule has 0 aliphatic rings. The molecule has 0 spiro atoms. The first-order valence-electron chi connectivity index (χ1n) is 8.43. The molecule has 136 valence electrons. The van der Waals surface area contributed by atoms with Crippen LogP contribution < -0.4 is 5.32 Å². The second-order valence-corrected chi connectivity index (χ2v) is 6.89. The summed E-state index contributed by atoms with van der Waals surface area (Å²) >= 11 is 12.2.